The number of nitrogens with zero attached hydrogens (tertiary/aromatic N) is 4. The van der Waals surface area contributed by atoms with Gasteiger partial charge in [-0.25, -0.2) is 53.9 Å². The number of hydrogen-bond acceptors (Lipinski definition) is 4. The minimum atomic E-state index is -2.33. The van der Waals surface area contributed by atoms with Gasteiger partial charge in [-0.05, 0) is 47.5 Å². The first-order valence-corrected chi connectivity index (χ1v) is 14.2. The topological polar surface area (TPSA) is 68.7 Å². The molecule has 16 heteroatoms. The molecule has 0 bridgehead atoms. The van der Waals surface area contributed by atoms with Crippen molar-refractivity contribution in [1.29, 1.82) is 0 Å². The Bertz CT molecular complexity index is 2890. The van der Waals surface area contributed by atoms with Gasteiger partial charge >= 0.3 is 0 Å². The van der Waals surface area contributed by atoms with E-state index in [0.717, 1.165) is 33.1 Å². The smallest absolute Gasteiger partial charge is 0.264 e. The summed E-state index contributed by atoms with van der Waals surface area (Å²) in [6.07, 6.45) is 0. The van der Waals surface area contributed by atoms with Crippen molar-refractivity contribution in [1.82, 2.24) is 18.8 Å². The van der Waals surface area contributed by atoms with Crippen LogP contribution in [0.15, 0.2) is 58.1 Å². The third-order valence-electron chi connectivity index (χ3n) is 8.81. The zero-order valence-corrected chi connectivity index (χ0v) is 24.0. The second-order valence-electron chi connectivity index (χ2n) is 11.4. The summed E-state index contributed by atoms with van der Waals surface area (Å²) >= 11 is 0. The fraction of sp³-hybridized carbons (Fsp3) is 0. The summed E-state index contributed by atoms with van der Waals surface area (Å²) in [5.74, 6) is -21.6. The van der Waals surface area contributed by atoms with Gasteiger partial charge < -0.3 is 0 Å². The average Bonchev–Trinajstić information content (AvgIpc) is 3.82. The first-order valence-electron chi connectivity index (χ1n) is 14.2. The molecular weight excluding hydrogens is 686 g/mol. The molecule has 0 fully saturated rings. The third-order valence-corrected chi connectivity index (χ3v) is 8.81. The van der Waals surface area contributed by atoms with E-state index in [1.54, 1.807) is 0 Å². The summed E-state index contributed by atoms with van der Waals surface area (Å²) in [6.45, 7) is 0. The molecule has 6 nitrogen and oxygen atoms in total. The van der Waals surface area contributed by atoms with Crippen LogP contribution in [0, 0.1) is 58.2 Å². The summed E-state index contributed by atoms with van der Waals surface area (Å²) < 4.78 is 144. The van der Waals surface area contributed by atoms with Gasteiger partial charge in [0.05, 0.1) is 44.0 Å². The number of imidazole rings is 2. The molecule has 5 aromatic carbocycles. The van der Waals surface area contributed by atoms with Crippen LogP contribution in [0.2, 0.25) is 0 Å². The molecule has 0 aliphatic rings. The molecule has 4 aromatic heterocycles. The maximum absolute atomic E-state index is 14.6. The lowest BCUT2D eigenvalue weighted by atomic mass is 10.0. The van der Waals surface area contributed by atoms with Crippen molar-refractivity contribution in [3.8, 4) is 22.3 Å². The van der Waals surface area contributed by atoms with Gasteiger partial charge in [0.15, 0.2) is 46.5 Å². The predicted molar refractivity (Wildman–Crippen MR) is 159 cm³/mol. The summed E-state index contributed by atoms with van der Waals surface area (Å²) in [5, 5.41) is 0.303. The van der Waals surface area contributed by atoms with E-state index in [2.05, 4.69) is 9.97 Å². The lowest BCUT2D eigenvalue weighted by Gasteiger charge is -2.08. The van der Waals surface area contributed by atoms with Crippen LogP contribution in [0.5, 0.6) is 0 Å². The van der Waals surface area contributed by atoms with Crippen LogP contribution in [-0.4, -0.2) is 18.8 Å². The third kappa shape index (κ3) is 3.54. The number of halogens is 10. The molecule has 0 amide bonds. The molecule has 50 heavy (non-hydrogen) atoms. The van der Waals surface area contributed by atoms with Gasteiger partial charge in [-0.15, -0.1) is 0 Å². The summed E-state index contributed by atoms with van der Waals surface area (Å²) in [7, 11) is 0. The second kappa shape index (κ2) is 9.64. The molecule has 0 N–H and O–H groups in total. The Balaban J connectivity index is 1.28. The zero-order chi connectivity index (χ0) is 35.2. The molecule has 4 heterocycles. The Kier molecular flexibility index (Phi) is 5.75. The second-order valence-corrected chi connectivity index (χ2v) is 11.4. The average molecular weight is 694 g/mol. The highest BCUT2D eigenvalue weighted by molar-refractivity contribution is 6.11. The zero-order valence-electron chi connectivity index (χ0n) is 24.0. The molecule has 0 saturated carbocycles. The number of rotatable bonds is 2. The van der Waals surface area contributed by atoms with Crippen LogP contribution in [0.25, 0.3) is 77.2 Å². The SMILES string of the molecule is O=c1c2cc3c(cc2c2nc4ccc(-c5c(F)c(F)c(F)c(F)c5F)cc4n12)c(=O)n1c2cc(-c4c(F)c(F)c(F)c(F)c4F)ccc2nc31. The van der Waals surface area contributed by atoms with E-state index in [-0.39, 0.29) is 54.9 Å². The van der Waals surface area contributed by atoms with Crippen LogP contribution in [0.3, 0.4) is 0 Å². The fourth-order valence-electron chi connectivity index (χ4n) is 6.52. The number of benzene rings is 5. The van der Waals surface area contributed by atoms with E-state index in [0.29, 0.717) is 0 Å². The van der Waals surface area contributed by atoms with E-state index < -0.39 is 91.5 Å². The van der Waals surface area contributed by atoms with Crippen LogP contribution in [0.1, 0.15) is 0 Å². The molecule has 9 aromatic rings. The number of hydrogen-bond donors (Lipinski definition) is 0. The lowest BCUT2D eigenvalue weighted by Crippen LogP contribution is -2.07. The Morgan fingerprint density at radius 3 is 1.06 bits per heavy atom. The van der Waals surface area contributed by atoms with Crippen molar-refractivity contribution in [2.75, 3.05) is 0 Å². The standard InChI is InChI=1S/C34H8F10N4O2/c35-21-19(22(36)26(40)29(43)25(21)39)9-1-3-15-17(5-9)47-31(45-15)11-7-14-12(8-13(11)33(47)49)32-46-16-4-2-10(6-18(16)48(32)34(14)50)20-23(37)27(41)30(44)28(42)24(20)38/h1-8H. The van der Waals surface area contributed by atoms with Gasteiger partial charge in [0.1, 0.15) is 11.3 Å². The van der Waals surface area contributed by atoms with Gasteiger partial charge in [-0.2, -0.15) is 0 Å². The number of fused-ring (bicyclic) bond motifs is 10. The minimum Gasteiger partial charge on any atom is -0.268 e. The fourth-order valence-corrected chi connectivity index (χ4v) is 6.52. The molecule has 0 saturated heterocycles. The normalized spacial score (nSPS) is 12.4. The van der Waals surface area contributed by atoms with Crippen LogP contribution < -0.4 is 11.1 Å². The van der Waals surface area contributed by atoms with Crippen molar-refractivity contribution >= 4 is 54.9 Å². The van der Waals surface area contributed by atoms with Gasteiger partial charge in [-0.1, -0.05) is 12.1 Å². The summed E-state index contributed by atoms with van der Waals surface area (Å²) in [5.41, 5.74) is -4.61. The Labute approximate surface area is 267 Å². The van der Waals surface area contributed by atoms with Gasteiger partial charge in [0.2, 0.25) is 11.6 Å². The Morgan fingerprint density at radius 1 is 0.400 bits per heavy atom. The monoisotopic (exact) mass is 694 g/mol. The molecule has 0 spiro atoms. The van der Waals surface area contributed by atoms with Crippen molar-refractivity contribution in [3.63, 3.8) is 0 Å². The summed E-state index contributed by atoms with van der Waals surface area (Å²) in [6, 6.07) is 9.27. The highest BCUT2D eigenvalue weighted by Gasteiger charge is 2.29. The molecular formula is C34H8F10N4O2. The Morgan fingerprint density at radius 2 is 0.720 bits per heavy atom. The molecule has 0 unspecified atom stereocenters. The molecule has 9 rings (SSSR count). The molecule has 0 radical (unpaired) electrons. The lowest BCUT2D eigenvalue weighted by molar-refractivity contribution is 0.381. The molecule has 0 aliphatic carbocycles. The van der Waals surface area contributed by atoms with E-state index in [9.17, 15) is 53.5 Å². The molecule has 0 atom stereocenters. The first-order chi connectivity index (χ1) is 23.8. The van der Waals surface area contributed by atoms with Crippen molar-refractivity contribution in [2.24, 2.45) is 0 Å². The van der Waals surface area contributed by atoms with Gasteiger partial charge in [0.25, 0.3) is 11.1 Å². The highest BCUT2D eigenvalue weighted by atomic mass is 19.2. The van der Waals surface area contributed by atoms with Crippen molar-refractivity contribution < 1.29 is 43.9 Å². The minimum absolute atomic E-state index is 0.00480. The predicted octanol–water partition coefficient (Wildman–Crippen LogP) is 7.92. The van der Waals surface area contributed by atoms with E-state index in [1.165, 1.54) is 24.3 Å². The largest absolute Gasteiger partial charge is 0.268 e. The molecule has 246 valence electrons. The quantitative estimate of drug-likeness (QED) is 0.105. The number of aromatic nitrogens is 4. The Hall–Kier alpha value is -6.32. The maximum atomic E-state index is 14.6. The van der Waals surface area contributed by atoms with E-state index in [1.807, 2.05) is 0 Å². The van der Waals surface area contributed by atoms with E-state index >= 15 is 0 Å². The van der Waals surface area contributed by atoms with Crippen LogP contribution >= 0.6 is 0 Å². The molecule has 0 aliphatic heterocycles. The van der Waals surface area contributed by atoms with Crippen molar-refractivity contribution in [3.05, 3.63) is 127 Å². The first kappa shape index (κ1) is 29.8. The maximum Gasteiger partial charge on any atom is 0.264 e. The van der Waals surface area contributed by atoms with Gasteiger partial charge in [-0.3, -0.25) is 18.4 Å². The summed E-state index contributed by atoms with van der Waals surface area (Å²) in [4.78, 5) is 36.3. The van der Waals surface area contributed by atoms with Crippen molar-refractivity contribution in [2.45, 2.75) is 0 Å². The van der Waals surface area contributed by atoms with Crippen LogP contribution in [-0.2, 0) is 0 Å². The highest BCUT2D eigenvalue weighted by Crippen LogP contribution is 2.37. The van der Waals surface area contributed by atoms with Crippen LogP contribution in [0.4, 0.5) is 43.9 Å². The van der Waals surface area contributed by atoms with E-state index in [4.69, 9.17) is 0 Å². The van der Waals surface area contributed by atoms with Gasteiger partial charge in [0, 0.05) is 10.8 Å².